The summed E-state index contributed by atoms with van der Waals surface area (Å²) in [7, 11) is 0. The Morgan fingerprint density at radius 1 is 1.40 bits per heavy atom. The van der Waals surface area contributed by atoms with Crippen molar-refractivity contribution in [1.82, 2.24) is 10.2 Å². The predicted molar refractivity (Wildman–Crippen MR) is 57.7 cm³/mol. The van der Waals surface area contributed by atoms with Crippen molar-refractivity contribution in [2.24, 2.45) is 5.92 Å². The van der Waals surface area contributed by atoms with Crippen molar-refractivity contribution in [3.63, 3.8) is 0 Å². The molecular formula is C11H20F2N2. The first-order valence-corrected chi connectivity index (χ1v) is 5.40. The zero-order valence-corrected chi connectivity index (χ0v) is 9.69. The molecule has 0 spiro atoms. The van der Waals surface area contributed by atoms with E-state index in [1.54, 1.807) is 4.90 Å². The van der Waals surface area contributed by atoms with Gasteiger partial charge in [-0.2, -0.15) is 0 Å². The smallest absolute Gasteiger partial charge is 0.266 e. The topological polar surface area (TPSA) is 15.3 Å². The molecule has 4 heteroatoms. The monoisotopic (exact) mass is 218 g/mol. The molecule has 1 atom stereocenters. The fraction of sp³-hybridized carbons (Fsp3) is 0.818. The molecule has 2 nitrogen and oxygen atoms in total. The third-order valence-corrected chi connectivity index (χ3v) is 2.95. The number of nitrogens with one attached hydrogen (secondary N) is 1. The number of halogens is 2. The second-order valence-electron chi connectivity index (χ2n) is 4.65. The summed E-state index contributed by atoms with van der Waals surface area (Å²) < 4.78 is 25.9. The minimum absolute atomic E-state index is 0.0657. The summed E-state index contributed by atoms with van der Waals surface area (Å²) >= 11 is 0. The van der Waals surface area contributed by atoms with Gasteiger partial charge in [0.1, 0.15) is 0 Å². The predicted octanol–water partition coefficient (Wildman–Crippen LogP) is 2.43. The SMILES string of the molecule is C=C(N[C@H](C)C(C)C)N1CCC(F)(F)C1. The summed E-state index contributed by atoms with van der Waals surface area (Å²) in [5.41, 5.74) is 0. The van der Waals surface area contributed by atoms with Crippen LogP contribution in [-0.2, 0) is 0 Å². The molecule has 1 N–H and O–H groups in total. The van der Waals surface area contributed by atoms with Gasteiger partial charge in [-0.05, 0) is 12.8 Å². The molecule has 1 aliphatic heterocycles. The maximum absolute atomic E-state index is 12.9. The van der Waals surface area contributed by atoms with Gasteiger partial charge in [0.15, 0.2) is 0 Å². The fourth-order valence-electron chi connectivity index (χ4n) is 1.49. The lowest BCUT2D eigenvalue weighted by molar-refractivity contribution is 0.0144. The van der Waals surface area contributed by atoms with Gasteiger partial charge in [-0.3, -0.25) is 0 Å². The van der Waals surface area contributed by atoms with E-state index in [4.69, 9.17) is 0 Å². The van der Waals surface area contributed by atoms with Crippen LogP contribution >= 0.6 is 0 Å². The van der Waals surface area contributed by atoms with Gasteiger partial charge in [0, 0.05) is 19.0 Å². The molecule has 0 aromatic heterocycles. The van der Waals surface area contributed by atoms with Crippen molar-refractivity contribution in [2.75, 3.05) is 13.1 Å². The molecule has 0 aliphatic carbocycles. The molecule has 0 amide bonds. The number of nitrogens with zero attached hydrogens (tertiary/aromatic N) is 1. The van der Waals surface area contributed by atoms with Crippen LogP contribution in [0.25, 0.3) is 0 Å². The van der Waals surface area contributed by atoms with Gasteiger partial charge in [0.25, 0.3) is 5.92 Å². The number of likely N-dealkylation sites (tertiary alicyclic amines) is 1. The van der Waals surface area contributed by atoms with Crippen molar-refractivity contribution in [3.8, 4) is 0 Å². The highest BCUT2D eigenvalue weighted by atomic mass is 19.3. The fourth-order valence-corrected chi connectivity index (χ4v) is 1.49. The van der Waals surface area contributed by atoms with Crippen molar-refractivity contribution in [2.45, 2.75) is 39.2 Å². The van der Waals surface area contributed by atoms with Crippen molar-refractivity contribution >= 4 is 0 Å². The van der Waals surface area contributed by atoms with E-state index in [0.717, 1.165) is 0 Å². The number of alkyl halides is 2. The average Bonchev–Trinajstić information content (AvgIpc) is 2.45. The molecule has 0 aromatic carbocycles. The zero-order valence-electron chi connectivity index (χ0n) is 9.69. The minimum Gasteiger partial charge on any atom is -0.370 e. The highest BCUT2D eigenvalue weighted by Crippen LogP contribution is 2.28. The molecule has 15 heavy (non-hydrogen) atoms. The van der Waals surface area contributed by atoms with Crippen LogP contribution in [0.1, 0.15) is 27.2 Å². The third-order valence-electron chi connectivity index (χ3n) is 2.95. The van der Waals surface area contributed by atoms with E-state index >= 15 is 0 Å². The van der Waals surface area contributed by atoms with Gasteiger partial charge in [0.2, 0.25) is 0 Å². The average molecular weight is 218 g/mol. The van der Waals surface area contributed by atoms with Gasteiger partial charge >= 0.3 is 0 Å². The Morgan fingerprint density at radius 3 is 2.40 bits per heavy atom. The summed E-state index contributed by atoms with van der Waals surface area (Å²) in [6.45, 7) is 10.2. The number of hydrogen-bond donors (Lipinski definition) is 1. The van der Waals surface area contributed by atoms with E-state index in [9.17, 15) is 8.78 Å². The van der Waals surface area contributed by atoms with Crippen molar-refractivity contribution in [3.05, 3.63) is 12.4 Å². The molecular weight excluding hydrogens is 198 g/mol. The Labute approximate surface area is 90.3 Å². The summed E-state index contributed by atoms with van der Waals surface area (Å²) in [5.74, 6) is -1.47. The van der Waals surface area contributed by atoms with Gasteiger partial charge < -0.3 is 10.2 Å². The summed E-state index contributed by atoms with van der Waals surface area (Å²) in [5, 5.41) is 3.16. The lowest BCUT2D eigenvalue weighted by Crippen LogP contribution is -2.38. The van der Waals surface area contributed by atoms with E-state index < -0.39 is 5.92 Å². The molecule has 0 unspecified atom stereocenters. The largest absolute Gasteiger partial charge is 0.370 e. The Morgan fingerprint density at radius 2 is 2.00 bits per heavy atom. The highest BCUT2D eigenvalue weighted by molar-refractivity contribution is 4.99. The Bertz CT molecular complexity index is 239. The van der Waals surface area contributed by atoms with E-state index in [-0.39, 0.29) is 19.0 Å². The molecule has 0 bridgehead atoms. The van der Waals surface area contributed by atoms with Gasteiger partial charge in [-0.1, -0.05) is 20.4 Å². The highest BCUT2D eigenvalue weighted by Gasteiger charge is 2.38. The van der Waals surface area contributed by atoms with Crippen LogP contribution in [0.3, 0.4) is 0 Å². The first kappa shape index (κ1) is 12.3. The zero-order chi connectivity index (χ0) is 11.6. The molecule has 88 valence electrons. The van der Waals surface area contributed by atoms with Crippen LogP contribution in [0.15, 0.2) is 12.4 Å². The molecule has 1 aliphatic rings. The molecule has 1 saturated heterocycles. The van der Waals surface area contributed by atoms with Crippen LogP contribution < -0.4 is 5.32 Å². The number of rotatable bonds is 4. The van der Waals surface area contributed by atoms with E-state index in [0.29, 0.717) is 18.3 Å². The standard InChI is InChI=1S/C11H20F2N2/c1-8(2)9(3)14-10(4)15-6-5-11(12,13)7-15/h8-9,14H,4-7H2,1-3H3/t9-/m1/s1. The summed E-state index contributed by atoms with van der Waals surface area (Å²) in [4.78, 5) is 1.62. The summed E-state index contributed by atoms with van der Waals surface area (Å²) in [6.07, 6.45) is -0.0657. The lowest BCUT2D eigenvalue weighted by Gasteiger charge is -2.27. The molecule has 1 rings (SSSR count). The molecule has 0 aromatic rings. The third kappa shape index (κ3) is 3.36. The maximum Gasteiger partial charge on any atom is 0.266 e. The van der Waals surface area contributed by atoms with Crippen LogP contribution in [-0.4, -0.2) is 30.0 Å². The van der Waals surface area contributed by atoms with Crippen molar-refractivity contribution < 1.29 is 8.78 Å². The molecule has 0 saturated carbocycles. The van der Waals surface area contributed by atoms with E-state index in [2.05, 4.69) is 25.7 Å². The summed E-state index contributed by atoms with van der Waals surface area (Å²) in [6, 6.07) is 0.256. The van der Waals surface area contributed by atoms with Gasteiger partial charge in [-0.25, -0.2) is 8.78 Å². The lowest BCUT2D eigenvalue weighted by atomic mass is 10.1. The first-order chi connectivity index (χ1) is 6.82. The maximum atomic E-state index is 12.9. The van der Waals surface area contributed by atoms with Crippen LogP contribution in [0.5, 0.6) is 0 Å². The second kappa shape index (κ2) is 4.37. The van der Waals surface area contributed by atoms with Gasteiger partial charge in [0.05, 0.1) is 12.4 Å². The van der Waals surface area contributed by atoms with Crippen LogP contribution in [0.2, 0.25) is 0 Å². The minimum atomic E-state index is -2.55. The molecule has 0 radical (unpaired) electrons. The quantitative estimate of drug-likeness (QED) is 0.779. The molecule has 1 heterocycles. The van der Waals surface area contributed by atoms with Crippen LogP contribution in [0, 0.1) is 5.92 Å². The Hall–Kier alpha value is -0.800. The number of hydrogen-bond acceptors (Lipinski definition) is 2. The van der Waals surface area contributed by atoms with Gasteiger partial charge in [-0.15, -0.1) is 0 Å². The Kier molecular flexibility index (Phi) is 3.58. The Balaban J connectivity index is 2.42. The first-order valence-electron chi connectivity index (χ1n) is 5.40. The van der Waals surface area contributed by atoms with E-state index in [1.165, 1.54) is 0 Å². The van der Waals surface area contributed by atoms with Crippen LogP contribution in [0.4, 0.5) is 8.78 Å². The van der Waals surface area contributed by atoms with E-state index in [1.807, 2.05) is 6.92 Å². The second-order valence-corrected chi connectivity index (χ2v) is 4.65. The normalized spacial score (nSPS) is 21.9. The van der Waals surface area contributed by atoms with Crippen molar-refractivity contribution in [1.29, 1.82) is 0 Å². The molecule has 1 fully saturated rings.